The molecule has 0 aromatic heterocycles. The Morgan fingerprint density at radius 3 is 1.56 bits per heavy atom. The Bertz CT molecular complexity index is 747. The molecule has 0 aromatic carbocycles. The highest BCUT2D eigenvalue weighted by Crippen LogP contribution is 2.58. The molecule has 0 aliphatic carbocycles. The number of hydrogen-bond donors (Lipinski definition) is 2. The number of esters is 2. The van der Waals surface area contributed by atoms with Gasteiger partial charge in [0.1, 0.15) is 0 Å². The Labute approximate surface area is 227 Å². The van der Waals surface area contributed by atoms with Crippen LogP contribution in [0.15, 0.2) is 38.9 Å². The van der Waals surface area contributed by atoms with Crippen molar-refractivity contribution in [2.45, 2.75) is 26.7 Å². The van der Waals surface area contributed by atoms with Crippen LogP contribution in [0.2, 0.25) is 0 Å². The van der Waals surface area contributed by atoms with Gasteiger partial charge < -0.3 is 9.47 Å². The highest BCUT2D eigenvalue weighted by molar-refractivity contribution is 8.40. The topological polar surface area (TPSA) is 52.6 Å². The van der Waals surface area contributed by atoms with E-state index in [2.05, 4.69) is 37.4 Å². The van der Waals surface area contributed by atoms with Crippen LogP contribution < -0.4 is 0 Å². The van der Waals surface area contributed by atoms with Crippen LogP contribution in [0.5, 0.6) is 0 Å². The second-order valence-corrected chi connectivity index (χ2v) is 14.2. The van der Waals surface area contributed by atoms with Gasteiger partial charge in [0.2, 0.25) is 0 Å². The molecule has 178 valence electrons. The van der Waals surface area contributed by atoms with Gasteiger partial charge in [-0.25, -0.2) is 0 Å². The van der Waals surface area contributed by atoms with Gasteiger partial charge in [0.25, 0.3) is 0 Å². The molecule has 32 heavy (non-hydrogen) atoms. The van der Waals surface area contributed by atoms with Crippen molar-refractivity contribution in [2.24, 2.45) is 0 Å². The van der Waals surface area contributed by atoms with Crippen molar-refractivity contribution in [2.75, 3.05) is 36.2 Å². The molecule has 0 radical (unpaired) electrons. The van der Waals surface area contributed by atoms with Gasteiger partial charge in [-0.3, -0.25) is 9.59 Å². The van der Waals surface area contributed by atoms with Crippen LogP contribution in [0.4, 0.5) is 0 Å². The van der Waals surface area contributed by atoms with E-state index in [1.807, 2.05) is 13.8 Å². The molecule has 0 aromatic rings. The van der Waals surface area contributed by atoms with Crippen molar-refractivity contribution >= 4 is 108 Å². The molecule has 0 spiro atoms. The molecule has 2 heterocycles. The van der Waals surface area contributed by atoms with Crippen LogP contribution >= 0.6 is 95.8 Å². The summed E-state index contributed by atoms with van der Waals surface area (Å²) in [6.45, 7) is 4.44. The van der Waals surface area contributed by atoms with Crippen molar-refractivity contribution in [3.63, 3.8) is 0 Å². The molecular formula is C20H26O4S8. The minimum atomic E-state index is -0.170. The van der Waals surface area contributed by atoms with Gasteiger partial charge in [0.15, 0.2) is 0 Å². The minimum Gasteiger partial charge on any atom is -0.466 e. The van der Waals surface area contributed by atoms with E-state index in [9.17, 15) is 9.59 Å². The first-order valence-electron chi connectivity index (χ1n) is 9.88. The average Bonchev–Trinajstić information content (AvgIpc) is 3.36. The molecule has 4 nitrogen and oxygen atoms in total. The lowest BCUT2D eigenvalue weighted by Crippen LogP contribution is -2.04. The van der Waals surface area contributed by atoms with Gasteiger partial charge in [-0.2, -0.15) is 25.3 Å². The second kappa shape index (κ2) is 16.4. The van der Waals surface area contributed by atoms with Gasteiger partial charge >= 0.3 is 11.9 Å². The Balaban J connectivity index is 1.97. The maximum atomic E-state index is 11.7. The van der Waals surface area contributed by atoms with Crippen molar-refractivity contribution in [3.8, 4) is 0 Å². The molecule has 0 N–H and O–H groups in total. The molecule has 12 heteroatoms. The molecule has 0 bridgehead atoms. The Morgan fingerprint density at radius 1 is 0.781 bits per heavy atom. The van der Waals surface area contributed by atoms with Crippen molar-refractivity contribution in [3.05, 3.63) is 38.9 Å². The average molecular weight is 587 g/mol. The number of allylic oxidation sites excluding steroid dienone is 2. The SMILES string of the molecule is CCOC(=O)CCSC1=C(SCCC(=O)OCC)SC(=CC=C2SC(CS)=C(CS)S2)S1. The van der Waals surface area contributed by atoms with Crippen LogP contribution in [0.1, 0.15) is 26.7 Å². The molecule has 2 aliphatic rings. The Morgan fingerprint density at radius 2 is 1.19 bits per heavy atom. The molecule has 0 saturated carbocycles. The maximum absolute atomic E-state index is 11.7. The fourth-order valence-corrected chi connectivity index (χ4v) is 11.2. The van der Waals surface area contributed by atoms with Gasteiger partial charge in [0.05, 0.1) is 38.8 Å². The molecule has 2 rings (SSSR count). The predicted octanol–water partition coefficient (Wildman–Crippen LogP) is 7.20. The standard InChI is InChI=1S/C20H26O4S8/c1-3-23-15(21)7-9-27-19-20(28-10-8-16(22)24-4-2)32-18(31-19)6-5-17-29-13(11-25)14(12-26)30-17/h5-6,25-26H,3-4,7-12H2,1-2H3. The first kappa shape index (κ1) is 28.9. The number of carbonyl (C=O) groups excluding carboxylic acids is 2. The van der Waals surface area contributed by atoms with Crippen molar-refractivity contribution < 1.29 is 19.1 Å². The summed E-state index contributed by atoms with van der Waals surface area (Å²) in [6, 6.07) is 0. The summed E-state index contributed by atoms with van der Waals surface area (Å²) >= 11 is 19.1. The quantitative estimate of drug-likeness (QED) is 0.171. The third-order valence-electron chi connectivity index (χ3n) is 3.64. The highest BCUT2D eigenvalue weighted by Gasteiger charge is 2.23. The Hall–Kier alpha value is 0.700. The third-order valence-corrected chi connectivity index (χ3v) is 12.7. The number of ether oxygens (including phenoxy) is 2. The van der Waals surface area contributed by atoms with E-state index in [1.165, 1.54) is 26.8 Å². The van der Waals surface area contributed by atoms with Crippen molar-refractivity contribution in [1.82, 2.24) is 0 Å². The van der Waals surface area contributed by atoms with E-state index in [0.717, 1.165) is 11.5 Å². The van der Waals surface area contributed by atoms with E-state index in [-0.39, 0.29) is 11.9 Å². The highest BCUT2D eigenvalue weighted by atomic mass is 32.3. The number of rotatable bonds is 13. The lowest BCUT2D eigenvalue weighted by atomic mass is 10.5. The summed E-state index contributed by atoms with van der Waals surface area (Å²) in [4.78, 5) is 25.9. The van der Waals surface area contributed by atoms with Crippen LogP contribution in [-0.2, 0) is 19.1 Å². The van der Waals surface area contributed by atoms with Crippen LogP contribution in [0.25, 0.3) is 0 Å². The molecule has 0 fully saturated rings. The van der Waals surface area contributed by atoms with E-state index in [1.54, 1.807) is 70.6 Å². The molecule has 0 atom stereocenters. The molecule has 0 amide bonds. The fraction of sp³-hybridized carbons (Fsp3) is 0.500. The number of carbonyl (C=O) groups is 2. The normalized spacial score (nSPS) is 16.1. The number of thiol groups is 2. The zero-order valence-electron chi connectivity index (χ0n) is 17.8. The third kappa shape index (κ3) is 10.1. The fourth-order valence-electron chi connectivity index (χ4n) is 2.27. The van der Waals surface area contributed by atoms with Gasteiger partial charge in [-0.05, 0) is 26.0 Å². The minimum absolute atomic E-state index is 0.170. The summed E-state index contributed by atoms with van der Waals surface area (Å²) in [7, 11) is 0. The van der Waals surface area contributed by atoms with Crippen LogP contribution in [0, 0.1) is 0 Å². The Kier molecular flexibility index (Phi) is 14.8. The first-order valence-corrected chi connectivity index (χ1v) is 16.4. The van der Waals surface area contributed by atoms with E-state index >= 15 is 0 Å². The number of hydrogen-bond acceptors (Lipinski definition) is 12. The van der Waals surface area contributed by atoms with E-state index in [0.29, 0.717) is 37.6 Å². The van der Waals surface area contributed by atoms with Crippen molar-refractivity contribution in [1.29, 1.82) is 0 Å². The number of thioether (sulfide) groups is 6. The molecule has 0 saturated heterocycles. The lowest BCUT2D eigenvalue weighted by Gasteiger charge is -2.05. The van der Waals surface area contributed by atoms with Gasteiger partial charge in [0, 0.05) is 37.1 Å². The summed E-state index contributed by atoms with van der Waals surface area (Å²) in [6.07, 6.45) is 5.06. The van der Waals surface area contributed by atoms with E-state index < -0.39 is 0 Å². The van der Waals surface area contributed by atoms with Gasteiger partial charge in [-0.15, -0.1) is 23.5 Å². The van der Waals surface area contributed by atoms with Crippen LogP contribution in [-0.4, -0.2) is 48.2 Å². The predicted molar refractivity (Wildman–Crippen MR) is 156 cm³/mol. The smallest absolute Gasteiger partial charge is 0.306 e. The maximum Gasteiger partial charge on any atom is 0.306 e. The molecule has 0 unspecified atom stereocenters. The first-order chi connectivity index (χ1) is 15.5. The molecule has 2 aliphatic heterocycles. The monoisotopic (exact) mass is 586 g/mol. The summed E-state index contributed by atoms with van der Waals surface area (Å²) in [5.41, 5.74) is 0. The summed E-state index contributed by atoms with van der Waals surface area (Å²) in [5.74, 6) is 2.46. The second-order valence-electron chi connectivity index (χ2n) is 5.92. The summed E-state index contributed by atoms with van der Waals surface area (Å²) in [5, 5.41) is 0. The molecular weight excluding hydrogens is 561 g/mol. The summed E-state index contributed by atoms with van der Waals surface area (Å²) < 4.78 is 14.8. The van der Waals surface area contributed by atoms with Gasteiger partial charge in [-0.1, -0.05) is 47.0 Å². The van der Waals surface area contributed by atoms with Crippen LogP contribution in [0.3, 0.4) is 0 Å². The van der Waals surface area contributed by atoms with E-state index in [4.69, 9.17) is 9.47 Å². The zero-order chi connectivity index (χ0) is 23.3. The lowest BCUT2D eigenvalue weighted by molar-refractivity contribution is -0.143. The zero-order valence-corrected chi connectivity index (χ0v) is 24.5. The largest absolute Gasteiger partial charge is 0.466 e.